The van der Waals surface area contributed by atoms with Crippen LogP contribution >= 0.6 is 0 Å². The van der Waals surface area contributed by atoms with E-state index in [4.69, 9.17) is 0 Å². The highest BCUT2D eigenvalue weighted by atomic mass is 16.2. The van der Waals surface area contributed by atoms with Gasteiger partial charge in [-0.25, -0.2) is 0 Å². The maximum absolute atomic E-state index is 12.4. The molecule has 1 amide bonds. The zero-order valence-electron chi connectivity index (χ0n) is 12.0. The van der Waals surface area contributed by atoms with E-state index in [1.165, 1.54) is 0 Å². The molecule has 0 radical (unpaired) electrons. The van der Waals surface area contributed by atoms with Gasteiger partial charge in [-0.2, -0.15) is 0 Å². The number of hydrogen-bond donors (Lipinski definition) is 1. The Labute approximate surface area is 115 Å². The van der Waals surface area contributed by atoms with E-state index in [9.17, 15) is 4.79 Å². The number of anilines is 1. The van der Waals surface area contributed by atoms with Gasteiger partial charge in [-0.3, -0.25) is 4.79 Å². The summed E-state index contributed by atoms with van der Waals surface area (Å²) in [7, 11) is 5.96. The van der Waals surface area contributed by atoms with E-state index in [1.54, 1.807) is 0 Å². The van der Waals surface area contributed by atoms with Crippen LogP contribution in [0.5, 0.6) is 0 Å². The molecule has 0 bridgehead atoms. The van der Waals surface area contributed by atoms with Gasteiger partial charge in [0.15, 0.2) is 0 Å². The molecule has 2 rings (SSSR count). The summed E-state index contributed by atoms with van der Waals surface area (Å²) >= 11 is 0. The van der Waals surface area contributed by atoms with E-state index in [1.807, 2.05) is 55.2 Å². The lowest BCUT2D eigenvalue weighted by Gasteiger charge is -2.32. The number of benzene rings is 1. The summed E-state index contributed by atoms with van der Waals surface area (Å²) in [6.45, 7) is 1.68. The van der Waals surface area contributed by atoms with Crippen LogP contribution < -0.4 is 10.2 Å². The molecule has 1 fully saturated rings. The highest BCUT2D eigenvalue weighted by Crippen LogP contribution is 2.16. The molecule has 1 heterocycles. The Hall–Kier alpha value is -1.55. The Balaban J connectivity index is 2.06. The van der Waals surface area contributed by atoms with Crippen molar-refractivity contribution in [3.05, 3.63) is 29.8 Å². The number of nitrogens with one attached hydrogen (secondary N) is 1. The van der Waals surface area contributed by atoms with Crippen LogP contribution in [0.1, 0.15) is 23.2 Å². The van der Waals surface area contributed by atoms with Crippen molar-refractivity contribution < 1.29 is 4.79 Å². The highest BCUT2D eigenvalue weighted by molar-refractivity contribution is 5.94. The van der Waals surface area contributed by atoms with Crippen molar-refractivity contribution in [2.45, 2.75) is 18.9 Å². The van der Waals surface area contributed by atoms with E-state index in [-0.39, 0.29) is 5.91 Å². The lowest BCUT2D eigenvalue weighted by atomic mass is 10.0. The first-order valence-corrected chi connectivity index (χ1v) is 6.85. The minimum absolute atomic E-state index is 0.144. The molecule has 0 saturated carbocycles. The Bertz CT molecular complexity index is 428. The molecule has 0 aromatic heterocycles. The lowest BCUT2D eigenvalue weighted by molar-refractivity contribution is 0.0698. The van der Waals surface area contributed by atoms with E-state index in [0.29, 0.717) is 6.04 Å². The second kappa shape index (κ2) is 6.06. The minimum Gasteiger partial charge on any atom is -0.378 e. The second-order valence-corrected chi connectivity index (χ2v) is 5.32. The Morgan fingerprint density at radius 1 is 1.32 bits per heavy atom. The number of amides is 1. The van der Waals surface area contributed by atoms with Gasteiger partial charge in [0, 0.05) is 44.5 Å². The number of nitrogens with zero attached hydrogens (tertiary/aromatic N) is 2. The fourth-order valence-electron chi connectivity index (χ4n) is 2.48. The smallest absolute Gasteiger partial charge is 0.253 e. The molecule has 1 aromatic carbocycles. The molecule has 4 heteroatoms. The SMILES string of the molecule is CNC1CCCN(C(=O)c2ccc(N(C)C)cc2)C1. The van der Waals surface area contributed by atoms with Crippen LogP contribution in [0.15, 0.2) is 24.3 Å². The van der Waals surface area contributed by atoms with Crippen molar-refractivity contribution in [3.8, 4) is 0 Å². The molecule has 1 N–H and O–H groups in total. The van der Waals surface area contributed by atoms with E-state index in [0.717, 1.165) is 37.2 Å². The number of likely N-dealkylation sites (N-methyl/N-ethyl adjacent to an activating group) is 1. The molecule has 1 aliphatic heterocycles. The molecule has 1 saturated heterocycles. The van der Waals surface area contributed by atoms with Gasteiger partial charge in [-0.05, 0) is 44.2 Å². The number of hydrogen-bond acceptors (Lipinski definition) is 3. The first-order chi connectivity index (χ1) is 9.11. The van der Waals surface area contributed by atoms with Crippen LogP contribution in [0.2, 0.25) is 0 Å². The van der Waals surface area contributed by atoms with Crippen LogP contribution in [0.3, 0.4) is 0 Å². The van der Waals surface area contributed by atoms with E-state index >= 15 is 0 Å². The van der Waals surface area contributed by atoms with Crippen molar-refractivity contribution >= 4 is 11.6 Å². The first kappa shape index (κ1) is 13.9. The van der Waals surface area contributed by atoms with Gasteiger partial charge in [-0.15, -0.1) is 0 Å². The maximum atomic E-state index is 12.4. The third-order valence-corrected chi connectivity index (χ3v) is 3.75. The van der Waals surface area contributed by atoms with Gasteiger partial charge in [0.1, 0.15) is 0 Å². The zero-order valence-corrected chi connectivity index (χ0v) is 12.0. The molecular formula is C15H23N3O. The van der Waals surface area contributed by atoms with Gasteiger partial charge in [0.05, 0.1) is 0 Å². The van der Waals surface area contributed by atoms with Gasteiger partial charge >= 0.3 is 0 Å². The van der Waals surface area contributed by atoms with Crippen LogP contribution in [-0.2, 0) is 0 Å². The van der Waals surface area contributed by atoms with Gasteiger partial charge < -0.3 is 15.1 Å². The van der Waals surface area contributed by atoms with Crippen molar-refractivity contribution in [2.75, 3.05) is 39.1 Å². The normalized spacial score (nSPS) is 19.3. The van der Waals surface area contributed by atoms with Crippen molar-refractivity contribution in [2.24, 2.45) is 0 Å². The predicted octanol–water partition coefficient (Wildman–Crippen LogP) is 1.58. The first-order valence-electron chi connectivity index (χ1n) is 6.85. The summed E-state index contributed by atoms with van der Waals surface area (Å²) in [6, 6.07) is 8.25. The quantitative estimate of drug-likeness (QED) is 0.897. The number of carbonyl (C=O) groups is 1. The van der Waals surface area contributed by atoms with Crippen LogP contribution in [0.4, 0.5) is 5.69 Å². The molecule has 1 aromatic rings. The second-order valence-electron chi connectivity index (χ2n) is 5.32. The number of likely N-dealkylation sites (tertiary alicyclic amines) is 1. The number of rotatable bonds is 3. The Kier molecular flexibility index (Phi) is 4.43. The standard InChI is InChI=1S/C15H23N3O/c1-16-13-5-4-10-18(11-13)15(19)12-6-8-14(9-7-12)17(2)3/h6-9,13,16H,4-5,10-11H2,1-3H3. The van der Waals surface area contributed by atoms with Gasteiger partial charge in [0.2, 0.25) is 0 Å². The molecule has 4 nitrogen and oxygen atoms in total. The largest absolute Gasteiger partial charge is 0.378 e. The van der Waals surface area contributed by atoms with E-state index < -0.39 is 0 Å². The van der Waals surface area contributed by atoms with Gasteiger partial charge in [-0.1, -0.05) is 0 Å². The summed E-state index contributed by atoms with van der Waals surface area (Å²) in [4.78, 5) is 16.4. The average Bonchev–Trinajstić information content (AvgIpc) is 2.46. The third-order valence-electron chi connectivity index (χ3n) is 3.75. The fourth-order valence-corrected chi connectivity index (χ4v) is 2.48. The van der Waals surface area contributed by atoms with Gasteiger partial charge in [0.25, 0.3) is 5.91 Å². The summed E-state index contributed by atoms with van der Waals surface area (Å²) < 4.78 is 0. The van der Waals surface area contributed by atoms with Crippen LogP contribution in [-0.4, -0.2) is 51.1 Å². The summed E-state index contributed by atoms with van der Waals surface area (Å²) in [5.74, 6) is 0.144. The Morgan fingerprint density at radius 3 is 2.58 bits per heavy atom. The highest BCUT2D eigenvalue weighted by Gasteiger charge is 2.23. The topological polar surface area (TPSA) is 35.6 Å². The van der Waals surface area contributed by atoms with Crippen molar-refractivity contribution in [1.82, 2.24) is 10.2 Å². The fraction of sp³-hybridized carbons (Fsp3) is 0.533. The summed E-state index contributed by atoms with van der Waals surface area (Å²) in [6.07, 6.45) is 2.23. The number of carbonyl (C=O) groups excluding carboxylic acids is 1. The molecule has 0 aliphatic carbocycles. The predicted molar refractivity (Wildman–Crippen MR) is 78.8 cm³/mol. The van der Waals surface area contributed by atoms with Crippen LogP contribution in [0, 0.1) is 0 Å². The number of piperidine rings is 1. The zero-order chi connectivity index (χ0) is 13.8. The van der Waals surface area contributed by atoms with E-state index in [2.05, 4.69) is 5.32 Å². The summed E-state index contributed by atoms with van der Waals surface area (Å²) in [5, 5.41) is 3.26. The lowest BCUT2D eigenvalue weighted by Crippen LogP contribution is -2.46. The molecule has 104 valence electrons. The van der Waals surface area contributed by atoms with Crippen molar-refractivity contribution in [1.29, 1.82) is 0 Å². The van der Waals surface area contributed by atoms with Crippen molar-refractivity contribution in [3.63, 3.8) is 0 Å². The minimum atomic E-state index is 0.144. The molecular weight excluding hydrogens is 238 g/mol. The maximum Gasteiger partial charge on any atom is 0.253 e. The average molecular weight is 261 g/mol. The molecule has 1 atom stereocenters. The van der Waals surface area contributed by atoms with Crippen LogP contribution in [0.25, 0.3) is 0 Å². The molecule has 0 spiro atoms. The third kappa shape index (κ3) is 3.26. The Morgan fingerprint density at radius 2 is 2.00 bits per heavy atom. The molecule has 19 heavy (non-hydrogen) atoms. The molecule has 1 unspecified atom stereocenters. The monoisotopic (exact) mass is 261 g/mol. The summed E-state index contributed by atoms with van der Waals surface area (Å²) in [5.41, 5.74) is 1.89. The molecule has 1 aliphatic rings.